The van der Waals surface area contributed by atoms with Gasteiger partial charge in [0.1, 0.15) is 0 Å². The number of aldehydes is 1. The number of carbonyl (C=O) groups is 2. The van der Waals surface area contributed by atoms with Gasteiger partial charge in [-0.3, -0.25) is 9.59 Å². The zero-order valence-electron chi connectivity index (χ0n) is 7.36. The van der Waals surface area contributed by atoms with Gasteiger partial charge in [0.25, 0.3) is 0 Å². The summed E-state index contributed by atoms with van der Waals surface area (Å²) in [6, 6.07) is 7.68. The molecule has 0 heterocycles. The normalized spacial score (nSPS) is 10.2. The third-order valence-corrected chi connectivity index (χ3v) is 1.63. The standard InChI is InChI=1S/C11H10O2/c1-9-2-4-10(5-3-9)6-7-11(13)8-12/h2-8H,1H3. The van der Waals surface area contributed by atoms with E-state index in [-0.39, 0.29) is 0 Å². The Labute approximate surface area is 76.9 Å². The van der Waals surface area contributed by atoms with Gasteiger partial charge >= 0.3 is 0 Å². The summed E-state index contributed by atoms with van der Waals surface area (Å²) in [6.07, 6.45) is 3.18. The van der Waals surface area contributed by atoms with Gasteiger partial charge in [0.15, 0.2) is 6.29 Å². The first-order chi connectivity index (χ1) is 6.22. The van der Waals surface area contributed by atoms with Crippen LogP contribution in [-0.2, 0) is 9.59 Å². The van der Waals surface area contributed by atoms with Gasteiger partial charge in [-0.25, -0.2) is 0 Å². The Bertz CT molecular complexity index is 334. The summed E-state index contributed by atoms with van der Waals surface area (Å²) in [6.45, 7) is 1.99. The number of ketones is 1. The summed E-state index contributed by atoms with van der Waals surface area (Å²) >= 11 is 0. The molecule has 2 heteroatoms. The average molecular weight is 174 g/mol. The number of rotatable bonds is 3. The molecule has 0 radical (unpaired) electrons. The molecule has 0 aliphatic carbocycles. The van der Waals surface area contributed by atoms with Crippen molar-refractivity contribution in [2.75, 3.05) is 0 Å². The van der Waals surface area contributed by atoms with Crippen molar-refractivity contribution in [1.82, 2.24) is 0 Å². The Balaban J connectivity index is 2.74. The summed E-state index contributed by atoms with van der Waals surface area (Å²) in [5.74, 6) is -0.513. The van der Waals surface area contributed by atoms with Crippen LogP contribution in [0.5, 0.6) is 0 Å². The fourth-order valence-electron chi connectivity index (χ4n) is 0.895. The number of aryl methyl sites for hydroxylation is 1. The fourth-order valence-corrected chi connectivity index (χ4v) is 0.895. The molecule has 0 aromatic heterocycles. The molecule has 0 saturated carbocycles. The maximum Gasteiger partial charge on any atom is 0.218 e. The van der Waals surface area contributed by atoms with Crippen molar-refractivity contribution >= 4 is 18.1 Å². The molecule has 0 saturated heterocycles. The monoisotopic (exact) mass is 174 g/mol. The topological polar surface area (TPSA) is 34.1 Å². The minimum Gasteiger partial charge on any atom is -0.294 e. The van der Waals surface area contributed by atoms with Crippen molar-refractivity contribution in [2.24, 2.45) is 0 Å². The zero-order valence-corrected chi connectivity index (χ0v) is 7.36. The molecule has 66 valence electrons. The van der Waals surface area contributed by atoms with E-state index in [1.54, 1.807) is 6.08 Å². The molecule has 0 fully saturated rings. The van der Waals surface area contributed by atoms with Crippen LogP contribution in [0.3, 0.4) is 0 Å². The lowest BCUT2D eigenvalue weighted by atomic mass is 10.1. The van der Waals surface area contributed by atoms with Gasteiger partial charge in [-0.2, -0.15) is 0 Å². The second-order valence-corrected chi connectivity index (χ2v) is 2.76. The van der Waals surface area contributed by atoms with Crippen LogP contribution in [0.4, 0.5) is 0 Å². The molecule has 1 rings (SSSR count). The van der Waals surface area contributed by atoms with Crippen LogP contribution in [0.1, 0.15) is 11.1 Å². The first-order valence-electron chi connectivity index (χ1n) is 3.96. The average Bonchev–Trinajstić information content (AvgIpc) is 2.16. The maximum absolute atomic E-state index is 10.6. The van der Waals surface area contributed by atoms with E-state index in [1.807, 2.05) is 31.2 Å². The van der Waals surface area contributed by atoms with Gasteiger partial charge in [0.05, 0.1) is 0 Å². The van der Waals surface area contributed by atoms with Gasteiger partial charge in [0, 0.05) is 0 Å². The second kappa shape index (κ2) is 4.36. The van der Waals surface area contributed by atoms with E-state index in [1.165, 1.54) is 11.6 Å². The minimum atomic E-state index is -0.513. The molecule has 0 atom stereocenters. The van der Waals surface area contributed by atoms with Crippen molar-refractivity contribution in [3.8, 4) is 0 Å². The van der Waals surface area contributed by atoms with E-state index in [0.29, 0.717) is 6.29 Å². The molecule has 13 heavy (non-hydrogen) atoms. The number of benzene rings is 1. The second-order valence-electron chi connectivity index (χ2n) is 2.76. The van der Waals surface area contributed by atoms with Crippen LogP contribution in [0.15, 0.2) is 30.3 Å². The van der Waals surface area contributed by atoms with Crippen molar-refractivity contribution in [2.45, 2.75) is 6.92 Å². The molecule has 2 nitrogen and oxygen atoms in total. The Morgan fingerprint density at radius 3 is 2.38 bits per heavy atom. The van der Waals surface area contributed by atoms with Gasteiger partial charge in [-0.05, 0) is 18.6 Å². The van der Waals surface area contributed by atoms with E-state index in [4.69, 9.17) is 0 Å². The molecular formula is C11H10O2. The molecule has 0 aliphatic rings. The molecule has 0 unspecified atom stereocenters. The number of hydrogen-bond acceptors (Lipinski definition) is 2. The molecule has 0 bridgehead atoms. The van der Waals surface area contributed by atoms with Gasteiger partial charge in [-0.15, -0.1) is 0 Å². The van der Waals surface area contributed by atoms with Crippen LogP contribution >= 0.6 is 0 Å². The Morgan fingerprint density at radius 1 is 1.23 bits per heavy atom. The minimum absolute atomic E-state index is 0.296. The van der Waals surface area contributed by atoms with E-state index in [9.17, 15) is 9.59 Å². The first-order valence-corrected chi connectivity index (χ1v) is 3.96. The summed E-state index contributed by atoms with van der Waals surface area (Å²) < 4.78 is 0. The third-order valence-electron chi connectivity index (χ3n) is 1.63. The van der Waals surface area contributed by atoms with Crippen LogP contribution in [0.2, 0.25) is 0 Å². The highest BCUT2D eigenvalue weighted by Crippen LogP contribution is 2.04. The molecule has 1 aromatic rings. The van der Waals surface area contributed by atoms with Crippen LogP contribution < -0.4 is 0 Å². The maximum atomic E-state index is 10.6. The Hall–Kier alpha value is -1.70. The lowest BCUT2D eigenvalue weighted by molar-refractivity contribution is -0.126. The van der Waals surface area contributed by atoms with Crippen LogP contribution in [0.25, 0.3) is 6.08 Å². The predicted octanol–water partition coefficient (Wildman–Crippen LogP) is 1.78. The smallest absolute Gasteiger partial charge is 0.218 e. The van der Waals surface area contributed by atoms with E-state index in [2.05, 4.69) is 0 Å². The highest BCUT2D eigenvalue weighted by atomic mass is 16.2. The zero-order chi connectivity index (χ0) is 9.68. The highest BCUT2D eigenvalue weighted by Gasteiger charge is 1.90. The molecule has 0 amide bonds. The van der Waals surface area contributed by atoms with E-state index in [0.717, 1.165) is 5.56 Å². The Morgan fingerprint density at radius 2 is 1.85 bits per heavy atom. The van der Waals surface area contributed by atoms with Gasteiger partial charge in [-0.1, -0.05) is 35.9 Å². The highest BCUT2D eigenvalue weighted by molar-refractivity contribution is 6.31. The van der Waals surface area contributed by atoms with Gasteiger partial charge < -0.3 is 0 Å². The third kappa shape index (κ3) is 3.03. The van der Waals surface area contributed by atoms with Gasteiger partial charge in [0.2, 0.25) is 5.78 Å². The van der Waals surface area contributed by atoms with Crippen molar-refractivity contribution in [1.29, 1.82) is 0 Å². The van der Waals surface area contributed by atoms with Crippen LogP contribution in [-0.4, -0.2) is 12.1 Å². The fraction of sp³-hybridized carbons (Fsp3) is 0.0909. The summed E-state index contributed by atoms with van der Waals surface area (Å²) in [7, 11) is 0. The quantitative estimate of drug-likeness (QED) is 0.397. The van der Waals surface area contributed by atoms with Crippen molar-refractivity contribution in [3.05, 3.63) is 41.5 Å². The number of allylic oxidation sites excluding steroid dienone is 1. The first kappa shape index (κ1) is 9.39. The summed E-state index contributed by atoms with van der Waals surface area (Å²) in [5.41, 5.74) is 2.08. The predicted molar refractivity (Wildman–Crippen MR) is 51.3 cm³/mol. The number of carbonyl (C=O) groups excluding carboxylic acids is 2. The lowest BCUT2D eigenvalue weighted by Gasteiger charge is -1.92. The van der Waals surface area contributed by atoms with E-state index < -0.39 is 5.78 Å². The SMILES string of the molecule is Cc1ccc(C=CC(=O)C=O)cc1. The molecule has 0 aliphatic heterocycles. The summed E-state index contributed by atoms with van der Waals surface area (Å²) in [5, 5.41) is 0. The molecule has 0 spiro atoms. The van der Waals surface area contributed by atoms with Crippen LogP contribution in [0, 0.1) is 6.92 Å². The van der Waals surface area contributed by atoms with E-state index >= 15 is 0 Å². The largest absolute Gasteiger partial charge is 0.294 e. The molecule has 0 N–H and O–H groups in total. The lowest BCUT2D eigenvalue weighted by Crippen LogP contribution is -1.90. The van der Waals surface area contributed by atoms with Crippen molar-refractivity contribution in [3.63, 3.8) is 0 Å². The molecule has 1 aromatic carbocycles. The molecular weight excluding hydrogens is 164 g/mol. The number of hydrogen-bond donors (Lipinski definition) is 0. The Kier molecular flexibility index (Phi) is 3.15. The van der Waals surface area contributed by atoms with Crippen molar-refractivity contribution < 1.29 is 9.59 Å². The summed E-state index contributed by atoms with van der Waals surface area (Å²) in [4.78, 5) is 20.6.